The maximum atomic E-state index is 4.43. The van der Waals surface area contributed by atoms with E-state index in [1.54, 1.807) is 0 Å². The Hall–Kier alpha value is -1.63. The van der Waals surface area contributed by atoms with Crippen molar-refractivity contribution in [3.05, 3.63) is 11.6 Å². The van der Waals surface area contributed by atoms with E-state index in [-0.39, 0.29) is 0 Å². The highest BCUT2D eigenvalue weighted by Gasteiger charge is 2.19. The van der Waals surface area contributed by atoms with Crippen LogP contribution in [0.15, 0.2) is 4.99 Å². The molecule has 3 rings (SSSR count). The number of aliphatic imine (C=N–C) groups is 1. The van der Waals surface area contributed by atoms with Crippen LogP contribution in [-0.2, 0) is 19.4 Å². The minimum atomic E-state index is 0.538. The first-order valence-electron chi connectivity index (χ1n) is 10.9. The molecule has 27 heavy (non-hydrogen) atoms. The Morgan fingerprint density at radius 2 is 2.00 bits per heavy atom. The summed E-state index contributed by atoms with van der Waals surface area (Å²) in [4.78, 5) is 6.97. The number of guanidine groups is 1. The topological polar surface area (TPSA) is 70.4 Å². The van der Waals surface area contributed by atoms with Crippen molar-refractivity contribution in [2.45, 2.75) is 77.3 Å². The molecule has 1 fully saturated rings. The van der Waals surface area contributed by atoms with Crippen LogP contribution in [0, 0.1) is 0 Å². The molecule has 0 bridgehead atoms. The van der Waals surface area contributed by atoms with E-state index in [9.17, 15) is 0 Å². The van der Waals surface area contributed by atoms with Crippen LogP contribution in [0.4, 0.5) is 0 Å². The Morgan fingerprint density at radius 3 is 2.78 bits per heavy atom. The number of aryl methyl sites for hydroxylation is 2. The number of hydrogen-bond donors (Lipinski definition) is 2. The summed E-state index contributed by atoms with van der Waals surface area (Å²) in [6.07, 6.45) is 10.6. The highest BCUT2D eigenvalue weighted by atomic mass is 15.3. The summed E-state index contributed by atoms with van der Waals surface area (Å²) in [5, 5.41) is 15.9. The van der Waals surface area contributed by atoms with Crippen molar-refractivity contribution < 1.29 is 0 Å². The first kappa shape index (κ1) is 20.1. The third-order valence-corrected chi connectivity index (χ3v) is 5.75. The van der Waals surface area contributed by atoms with Gasteiger partial charge in [0.1, 0.15) is 11.6 Å². The normalized spacial score (nSPS) is 19.6. The Bertz CT molecular complexity index is 587. The molecule has 1 aromatic heterocycles. The molecular formula is C20H37N7. The Kier molecular flexibility index (Phi) is 7.93. The zero-order valence-electron chi connectivity index (χ0n) is 17.2. The first-order chi connectivity index (χ1) is 13.3. The van der Waals surface area contributed by atoms with Gasteiger partial charge >= 0.3 is 0 Å². The minimum absolute atomic E-state index is 0.538. The van der Waals surface area contributed by atoms with E-state index >= 15 is 0 Å². The van der Waals surface area contributed by atoms with Gasteiger partial charge < -0.3 is 20.1 Å². The van der Waals surface area contributed by atoms with Crippen molar-refractivity contribution >= 4 is 5.96 Å². The molecule has 0 spiro atoms. The molecule has 0 unspecified atom stereocenters. The molecule has 0 radical (unpaired) electrons. The molecule has 3 heterocycles. The quantitative estimate of drug-likeness (QED) is 0.433. The summed E-state index contributed by atoms with van der Waals surface area (Å²) in [6.45, 7) is 7.88. The van der Waals surface area contributed by atoms with E-state index in [0.29, 0.717) is 6.04 Å². The highest BCUT2D eigenvalue weighted by molar-refractivity contribution is 5.79. The van der Waals surface area contributed by atoms with Gasteiger partial charge in [0.2, 0.25) is 0 Å². The summed E-state index contributed by atoms with van der Waals surface area (Å²) in [7, 11) is 1.86. The number of rotatable bonds is 7. The van der Waals surface area contributed by atoms with E-state index in [1.807, 2.05) is 7.05 Å². The van der Waals surface area contributed by atoms with E-state index in [4.69, 9.17) is 0 Å². The molecule has 152 valence electrons. The van der Waals surface area contributed by atoms with Crippen LogP contribution >= 0.6 is 0 Å². The van der Waals surface area contributed by atoms with Gasteiger partial charge in [-0.05, 0) is 45.1 Å². The van der Waals surface area contributed by atoms with E-state index < -0.39 is 0 Å². The molecule has 0 atom stereocenters. The SMILES string of the molecule is CCCN1CCC(NC(=NC)NCCCc2nnc3n2CCCCC3)CC1. The van der Waals surface area contributed by atoms with Gasteiger partial charge in [0.25, 0.3) is 0 Å². The lowest BCUT2D eigenvalue weighted by Crippen LogP contribution is -2.48. The molecule has 1 saturated heterocycles. The summed E-state index contributed by atoms with van der Waals surface area (Å²) in [5.74, 6) is 3.27. The summed E-state index contributed by atoms with van der Waals surface area (Å²) in [5.41, 5.74) is 0. The predicted molar refractivity (Wildman–Crippen MR) is 110 cm³/mol. The van der Waals surface area contributed by atoms with Crippen LogP contribution in [0.25, 0.3) is 0 Å². The molecule has 1 aromatic rings. The lowest BCUT2D eigenvalue weighted by Gasteiger charge is -2.32. The average molecular weight is 376 g/mol. The minimum Gasteiger partial charge on any atom is -0.356 e. The maximum Gasteiger partial charge on any atom is 0.191 e. The second-order valence-corrected chi connectivity index (χ2v) is 7.86. The second kappa shape index (κ2) is 10.6. The van der Waals surface area contributed by atoms with Crippen LogP contribution in [0.5, 0.6) is 0 Å². The Morgan fingerprint density at radius 1 is 1.15 bits per heavy atom. The maximum absolute atomic E-state index is 4.43. The number of piperidine rings is 1. The number of hydrogen-bond acceptors (Lipinski definition) is 4. The Labute approximate surface area is 164 Å². The van der Waals surface area contributed by atoms with Crippen LogP contribution in [0.3, 0.4) is 0 Å². The number of likely N-dealkylation sites (tertiary alicyclic amines) is 1. The molecule has 2 N–H and O–H groups in total. The number of nitrogens with zero attached hydrogens (tertiary/aromatic N) is 5. The zero-order chi connectivity index (χ0) is 18.9. The lowest BCUT2D eigenvalue weighted by atomic mass is 10.1. The predicted octanol–water partition coefficient (Wildman–Crippen LogP) is 1.98. The van der Waals surface area contributed by atoms with Gasteiger partial charge in [-0.1, -0.05) is 13.3 Å². The summed E-state index contributed by atoms with van der Waals surface area (Å²) in [6, 6.07) is 0.538. The van der Waals surface area contributed by atoms with Gasteiger partial charge in [0, 0.05) is 52.1 Å². The monoisotopic (exact) mass is 375 g/mol. The molecule has 0 aromatic carbocycles. The van der Waals surface area contributed by atoms with Crippen LogP contribution < -0.4 is 10.6 Å². The van der Waals surface area contributed by atoms with Crippen LogP contribution in [0.1, 0.15) is 63.5 Å². The molecule has 0 amide bonds. The largest absolute Gasteiger partial charge is 0.356 e. The summed E-state index contributed by atoms with van der Waals surface area (Å²) >= 11 is 0. The fraction of sp³-hybridized carbons (Fsp3) is 0.850. The van der Waals surface area contributed by atoms with Gasteiger partial charge in [0.15, 0.2) is 5.96 Å². The molecule has 0 aliphatic carbocycles. The van der Waals surface area contributed by atoms with E-state index in [0.717, 1.165) is 44.1 Å². The molecule has 7 nitrogen and oxygen atoms in total. The van der Waals surface area contributed by atoms with Crippen LogP contribution in [0.2, 0.25) is 0 Å². The number of aromatic nitrogens is 3. The molecule has 7 heteroatoms. The van der Waals surface area contributed by atoms with Crippen molar-refractivity contribution in [3.63, 3.8) is 0 Å². The highest BCUT2D eigenvalue weighted by Crippen LogP contribution is 2.15. The van der Waals surface area contributed by atoms with Crippen molar-refractivity contribution in [2.75, 3.05) is 33.2 Å². The molecule has 0 saturated carbocycles. The lowest BCUT2D eigenvalue weighted by molar-refractivity contribution is 0.206. The second-order valence-electron chi connectivity index (χ2n) is 7.86. The average Bonchev–Trinajstić information content (AvgIpc) is 2.92. The fourth-order valence-electron chi connectivity index (χ4n) is 4.19. The van der Waals surface area contributed by atoms with Gasteiger partial charge in [0.05, 0.1) is 0 Å². The Balaban J connectivity index is 1.36. The number of fused-ring (bicyclic) bond motifs is 1. The van der Waals surface area contributed by atoms with Gasteiger partial charge in [-0.15, -0.1) is 10.2 Å². The molecular weight excluding hydrogens is 338 g/mol. The zero-order valence-corrected chi connectivity index (χ0v) is 17.2. The van der Waals surface area contributed by atoms with Crippen molar-refractivity contribution in [2.24, 2.45) is 4.99 Å². The molecule has 2 aliphatic heterocycles. The third-order valence-electron chi connectivity index (χ3n) is 5.75. The number of nitrogens with one attached hydrogen (secondary N) is 2. The third kappa shape index (κ3) is 5.92. The van der Waals surface area contributed by atoms with Crippen molar-refractivity contribution in [3.8, 4) is 0 Å². The summed E-state index contributed by atoms with van der Waals surface area (Å²) < 4.78 is 2.35. The standard InChI is InChI=1S/C20H37N7/c1-3-13-26-15-10-17(11-16-26)23-20(21-2)22-12-7-9-19-25-24-18-8-5-4-6-14-27(18)19/h17H,3-16H2,1-2H3,(H2,21,22,23). The fourth-order valence-corrected chi connectivity index (χ4v) is 4.19. The smallest absolute Gasteiger partial charge is 0.191 e. The van der Waals surface area contributed by atoms with Gasteiger partial charge in [-0.3, -0.25) is 4.99 Å². The van der Waals surface area contributed by atoms with Crippen molar-refractivity contribution in [1.29, 1.82) is 0 Å². The van der Waals surface area contributed by atoms with E-state index in [2.05, 4.69) is 42.2 Å². The van der Waals surface area contributed by atoms with Gasteiger partial charge in [-0.2, -0.15) is 0 Å². The van der Waals surface area contributed by atoms with Crippen molar-refractivity contribution in [1.82, 2.24) is 30.3 Å². The van der Waals surface area contributed by atoms with Gasteiger partial charge in [-0.25, -0.2) is 0 Å². The van der Waals surface area contributed by atoms with E-state index in [1.165, 1.54) is 64.0 Å². The van der Waals surface area contributed by atoms with Crippen LogP contribution in [-0.4, -0.2) is 64.9 Å². The molecule has 2 aliphatic rings. The first-order valence-corrected chi connectivity index (χ1v) is 10.9.